The summed E-state index contributed by atoms with van der Waals surface area (Å²) in [5.74, 6) is -0.873. The lowest BCUT2D eigenvalue weighted by molar-refractivity contribution is -0.167. The van der Waals surface area contributed by atoms with Gasteiger partial charge in [-0.25, -0.2) is 0 Å². The van der Waals surface area contributed by atoms with Gasteiger partial charge in [0.2, 0.25) is 0 Å². The topological polar surface area (TPSA) is 78.9 Å². The fraction of sp³-hybridized carbons (Fsp3) is 0.831. The van der Waals surface area contributed by atoms with E-state index in [-0.39, 0.29) is 31.1 Å². The van der Waals surface area contributed by atoms with Crippen LogP contribution >= 0.6 is 0 Å². The van der Waals surface area contributed by atoms with E-state index < -0.39 is 6.10 Å². The number of allylic oxidation sites excluding steroid dienone is 10. The highest BCUT2D eigenvalue weighted by atomic mass is 16.6. The van der Waals surface area contributed by atoms with Crippen LogP contribution < -0.4 is 0 Å². The number of unbranched alkanes of at least 4 members (excludes halogenated alkanes) is 47. The number of carbonyl (C=O) groups is 3. The molecule has 6 heteroatoms. The summed E-state index contributed by atoms with van der Waals surface area (Å²) >= 11 is 0. The summed E-state index contributed by atoms with van der Waals surface area (Å²) in [6, 6.07) is 0. The molecular formula is C77H140O6. The lowest BCUT2D eigenvalue weighted by Crippen LogP contribution is -2.30. The van der Waals surface area contributed by atoms with Crippen molar-refractivity contribution in [3.63, 3.8) is 0 Å². The first kappa shape index (κ1) is 80.1. The number of rotatable bonds is 68. The Balaban J connectivity index is 4.15. The summed E-state index contributed by atoms with van der Waals surface area (Å²) < 4.78 is 17.0. The van der Waals surface area contributed by atoms with Crippen LogP contribution in [0.15, 0.2) is 60.8 Å². The van der Waals surface area contributed by atoms with Crippen LogP contribution in [0.25, 0.3) is 0 Å². The first-order valence-corrected chi connectivity index (χ1v) is 36.8. The normalized spacial score (nSPS) is 12.4. The standard InChI is InChI=1S/C77H140O6/c1-4-7-10-13-16-19-22-25-27-29-31-33-34-35-36-37-38-39-40-41-42-43-45-46-48-50-52-55-58-61-64-67-70-76(79)82-73-74(72-81-75(78)69-66-63-60-57-54-24-21-18-15-12-9-6-3)83-77(80)71-68-65-62-59-56-53-51-49-47-44-32-30-28-26-23-20-17-14-11-8-5-2/h8,11,17,20,26,28,32,44,49,51,74H,4-7,9-10,12-16,18-19,21-25,27,29-31,33-43,45-48,50,52-73H2,1-3H3/b11-8-,20-17-,28-26-,44-32-,51-49-. The highest BCUT2D eigenvalue weighted by molar-refractivity contribution is 5.71. The van der Waals surface area contributed by atoms with Crippen molar-refractivity contribution in [3.8, 4) is 0 Å². The third-order valence-corrected chi connectivity index (χ3v) is 16.5. The molecule has 1 atom stereocenters. The van der Waals surface area contributed by atoms with Crippen LogP contribution in [-0.4, -0.2) is 37.2 Å². The van der Waals surface area contributed by atoms with Crippen molar-refractivity contribution in [2.24, 2.45) is 0 Å². The maximum atomic E-state index is 12.9. The smallest absolute Gasteiger partial charge is 0.306 e. The van der Waals surface area contributed by atoms with Crippen molar-refractivity contribution in [1.82, 2.24) is 0 Å². The quantitative estimate of drug-likeness (QED) is 0.0261. The largest absolute Gasteiger partial charge is 0.462 e. The maximum absolute atomic E-state index is 12.9. The van der Waals surface area contributed by atoms with Gasteiger partial charge in [-0.15, -0.1) is 0 Å². The first-order valence-electron chi connectivity index (χ1n) is 36.8. The minimum Gasteiger partial charge on any atom is -0.462 e. The molecule has 83 heavy (non-hydrogen) atoms. The molecule has 0 saturated carbocycles. The van der Waals surface area contributed by atoms with Gasteiger partial charge in [-0.05, 0) is 64.2 Å². The minimum absolute atomic E-state index is 0.0775. The number of hydrogen-bond acceptors (Lipinski definition) is 6. The van der Waals surface area contributed by atoms with Crippen LogP contribution in [0.1, 0.15) is 393 Å². The van der Waals surface area contributed by atoms with Crippen LogP contribution in [0.2, 0.25) is 0 Å². The first-order chi connectivity index (χ1) is 41.0. The van der Waals surface area contributed by atoms with E-state index in [9.17, 15) is 14.4 Å². The van der Waals surface area contributed by atoms with Crippen molar-refractivity contribution in [2.45, 2.75) is 399 Å². The van der Waals surface area contributed by atoms with Crippen LogP contribution in [-0.2, 0) is 28.6 Å². The zero-order chi connectivity index (χ0) is 59.9. The molecule has 0 rings (SSSR count). The molecule has 0 aliphatic carbocycles. The van der Waals surface area contributed by atoms with E-state index >= 15 is 0 Å². The SMILES string of the molecule is CC/C=C\C/C=C\C/C=C\C/C=C\C/C=C\CCCCCCCC(=O)OC(COC(=O)CCCCCCCCCCCCCC)COC(=O)CCCCCCCCCCCCCCCCCCCCCCCCCCCCCCCCCC. The predicted molar refractivity (Wildman–Crippen MR) is 362 cm³/mol. The molecule has 0 aliphatic heterocycles. The molecule has 0 amide bonds. The fourth-order valence-corrected chi connectivity index (χ4v) is 11.1. The molecule has 0 aromatic heterocycles. The van der Waals surface area contributed by atoms with Gasteiger partial charge < -0.3 is 14.2 Å². The second-order valence-electron chi connectivity index (χ2n) is 24.8. The molecule has 0 aromatic rings. The van der Waals surface area contributed by atoms with Crippen molar-refractivity contribution < 1.29 is 28.6 Å². The van der Waals surface area contributed by atoms with Gasteiger partial charge in [-0.3, -0.25) is 14.4 Å². The fourth-order valence-electron chi connectivity index (χ4n) is 11.1. The van der Waals surface area contributed by atoms with Gasteiger partial charge in [-0.2, -0.15) is 0 Å². The van der Waals surface area contributed by atoms with Crippen LogP contribution in [0.3, 0.4) is 0 Å². The Morgan fingerprint density at radius 3 is 0.735 bits per heavy atom. The Hall–Kier alpha value is -2.89. The van der Waals surface area contributed by atoms with E-state index in [1.165, 1.54) is 244 Å². The molecule has 0 spiro atoms. The highest BCUT2D eigenvalue weighted by Gasteiger charge is 2.19. The summed E-state index contributed by atoms with van der Waals surface area (Å²) in [5, 5.41) is 0. The molecule has 0 heterocycles. The minimum atomic E-state index is -0.783. The van der Waals surface area contributed by atoms with Crippen molar-refractivity contribution in [3.05, 3.63) is 60.8 Å². The van der Waals surface area contributed by atoms with E-state index in [2.05, 4.69) is 81.5 Å². The van der Waals surface area contributed by atoms with Crippen LogP contribution in [0.4, 0.5) is 0 Å². The Kier molecular flexibility index (Phi) is 69.1. The van der Waals surface area contributed by atoms with E-state index in [1.54, 1.807) is 0 Å². The number of esters is 3. The Morgan fingerprint density at radius 1 is 0.253 bits per heavy atom. The van der Waals surface area contributed by atoms with E-state index in [1.807, 2.05) is 0 Å². The predicted octanol–water partition coefficient (Wildman–Crippen LogP) is 25.5. The number of hydrogen-bond donors (Lipinski definition) is 0. The molecule has 1 unspecified atom stereocenters. The average molecular weight is 1160 g/mol. The molecule has 0 fully saturated rings. The summed E-state index contributed by atoms with van der Waals surface area (Å²) in [6.07, 6.45) is 92.8. The summed E-state index contributed by atoms with van der Waals surface area (Å²) in [5.41, 5.74) is 0. The lowest BCUT2D eigenvalue weighted by atomic mass is 10.0. The monoisotopic (exact) mass is 1160 g/mol. The number of ether oxygens (including phenoxy) is 3. The Bertz CT molecular complexity index is 1470. The lowest BCUT2D eigenvalue weighted by Gasteiger charge is -2.18. The van der Waals surface area contributed by atoms with Crippen molar-refractivity contribution in [2.75, 3.05) is 13.2 Å². The van der Waals surface area contributed by atoms with E-state index in [0.29, 0.717) is 19.3 Å². The average Bonchev–Trinajstić information content (AvgIpc) is 3.49. The third-order valence-electron chi connectivity index (χ3n) is 16.5. The second kappa shape index (κ2) is 71.6. The molecule has 0 bridgehead atoms. The molecule has 0 aliphatic rings. The third kappa shape index (κ3) is 69.8. The molecule has 0 radical (unpaired) electrons. The van der Waals surface area contributed by atoms with Crippen LogP contribution in [0.5, 0.6) is 0 Å². The zero-order valence-electron chi connectivity index (χ0n) is 55.7. The zero-order valence-corrected chi connectivity index (χ0v) is 55.7. The molecule has 0 aromatic carbocycles. The number of carbonyl (C=O) groups excluding carboxylic acids is 3. The molecule has 0 N–H and O–H groups in total. The molecule has 6 nitrogen and oxygen atoms in total. The van der Waals surface area contributed by atoms with E-state index in [4.69, 9.17) is 14.2 Å². The van der Waals surface area contributed by atoms with Gasteiger partial charge in [0, 0.05) is 19.3 Å². The highest BCUT2D eigenvalue weighted by Crippen LogP contribution is 2.19. The summed E-state index contributed by atoms with van der Waals surface area (Å²) in [7, 11) is 0. The van der Waals surface area contributed by atoms with Crippen molar-refractivity contribution in [1.29, 1.82) is 0 Å². The van der Waals surface area contributed by atoms with Gasteiger partial charge in [0.1, 0.15) is 13.2 Å². The van der Waals surface area contributed by atoms with Gasteiger partial charge in [0.05, 0.1) is 0 Å². The van der Waals surface area contributed by atoms with Gasteiger partial charge in [-0.1, -0.05) is 370 Å². The Labute approximate surface area is 517 Å². The summed E-state index contributed by atoms with van der Waals surface area (Å²) in [6.45, 7) is 6.57. The second-order valence-corrected chi connectivity index (χ2v) is 24.8. The van der Waals surface area contributed by atoms with Gasteiger partial charge in [0.25, 0.3) is 0 Å². The van der Waals surface area contributed by atoms with Crippen molar-refractivity contribution >= 4 is 17.9 Å². The maximum Gasteiger partial charge on any atom is 0.306 e. The molecule has 0 saturated heterocycles. The Morgan fingerprint density at radius 2 is 0.470 bits per heavy atom. The molecular weight excluding hydrogens is 1020 g/mol. The molecule has 484 valence electrons. The van der Waals surface area contributed by atoms with Crippen LogP contribution in [0, 0.1) is 0 Å². The van der Waals surface area contributed by atoms with Gasteiger partial charge >= 0.3 is 17.9 Å². The van der Waals surface area contributed by atoms with E-state index in [0.717, 1.165) is 109 Å². The summed E-state index contributed by atoms with van der Waals surface area (Å²) in [4.78, 5) is 38.4. The van der Waals surface area contributed by atoms with Gasteiger partial charge in [0.15, 0.2) is 6.10 Å².